The van der Waals surface area contributed by atoms with Crippen molar-refractivity contribution >= 4 is 0 Å². The van der Waals surface area contributed by atoms with Gasteiger partial charge < -0.3 is 14.7 Å². The Morgan fingerprint density at radius 1 is 1.33 bits per heavy atom. The molecule has 0 saturated carbocycles. The normalized spacial score (nSPS) is 32.5. The van der Waals surface area contributed by atoms with Gasteiger partial charge in [-0.15, -0.1) is 0 Å². The summed E-state index contributed by atoms with van der Waals surface area (Å²) in [6, 6.07) is 0.624. The van der Waals surface area contributed by atoms with Gasteiger partial charge in [0.1, 0.15) is 0 Å². The van der Waals surface area contributed by atoms with Crippen molar-refractivity contribution in [1.29, 1.82) is 0 Å². The zero-order chi connectivity index (χ0) is 13.9. The summed E-state index contributed by atoms with van der Waals surface area (Å²) in [5, 5.41) is 10.2. The van der Waals surface area contributed by atoms with Gasteiger partial charge in [0.2, 0.25) is 0 Å². The Hall–Kier alpha value is -0.120. The highest BCUT2D eigenvalue weighted by Gasteiger charge is 2.31. The Labute approximate surface area is 113 Å². The molecule has 1 aliphatic rings. The average Bonchev–Trinajstić information content (AvgIpc) is 2.31. The monoisotopic (exact) mass is 257 g/mol. The first-order valence-electron chi connectivity index (χ1n) is 7.25. The van der Waals surface area contributed by atoms with Crippen LogP contribution in [0.1, 0.15) is 47.5 Å². The molecule has 1 heterocycles. The quantitative estimate of drug-likeness (QED) is 0.821. The van der Waals surface area contributed by atoms with Gasteiger partial charge in [0.15, 0.2) is 0 Å². The van der Waals surface area contributed by atoms with Gasteiger partial charge in [0, 0.05) is 26.2 Å². The molecule has 18 heavy (non-hydrogen) atoms. The second-order valence-electron chi connectivity index (χ2n) is 6.67. The molecule has 0 amide bonds. The van der Waals surface area contributed by atoms with Crippen LogP contribution in [-0.4, -0.2) is 48.0 Å². The molecule has 3 heteroatoms. The number of aliphatic hydroxyl groups is 1. The highest BCUT2D eigenvalue weighted by molar-refractivity contribution is 4.84. The van der Waals surface area contributed by atoms with Gasteiger partial charge in [-0.05, 0) is 45.4 Å². The smallest absolute Gasteiger partial charge is 0.0880 e. The van der Waals surface area contributed by atoms with E-state index in [9.17, 15) is 5.11 Å². The van der Waals surface area contributed by atoms with Gasteiger partial charge in [0.05, 0.1) is 11.7 Å². The maximum absolute atomic E-state index is 10.2. The summed E-state index contributed by atoms with van der Waals surface area (Å²) >= 11 is 0. The maximum atomic E-state index is 10.2. The molecule has 0 spiro atoms. The molecule has 3 nitrogen and oxygen atoms in total. The number of hydrogen-bond donors (Lipinski definition) is 1. The van der Waals surface area contributed by atoms with E-state index in [2.05, 4.69) is 25.7 Å². The molecule has 0 aliphatic carbocycles. The maximum Gasteiger partial charge on any atom is 0.0880 e. The fourth-order valence-electron chi connectivity index (χ4n) is 2.90. The van der Waals surface area contributed by atoms with Gasteiger partial charge in [-0.1, -0.05) is 13.8 Å². The van der Waals surface area contributed by atoms with E-state index in [1.165, 1.54) is 6.42 Å². The Bertz CT molecular complexity index is 255. The van der Waals surface area contributed by atoms with Gasteiger partial charge in [-0.25, -0.2) is 0 Å². The highest BCUT2D eigenvalue weighted by Crippen LogP contribution is 2.27. The van der Waals surface area contributed by atoms with E-state index in [-0.39, 0.29) is 0 Å². The van der Waals surface area contributed by atoms with E-state index in [1.54, 1.807) is 7.11 Å². The fraction of sp³-hybridized carbons (Fsp3) is 1.00. The van der Waals surface area contributed by atoms with Crippen molar-refractivity contribution in [3.8, 4) is 0 Å². The second kappa shape index (κ2) is 6.36. The number of likely N-dealkylation sites (tertiary alicyclic amines) is 1. The average molecular weight is 257 g/mol. The summed E-state index contributed by atoms with van der Waals surface area (Å²) in [6.45, 7) is 13.0. The second-order valence-corrected chi connectivity index (χ2v) is 6.67. The number of hydrogen-bond acceptors (Lipinski definition) is 3. The van der Waals surface area contributed by atoms with Crippen molar-refractivity contribution < 1.29 is 9.84 Å². The van der Waals surface area contributed by atoms with Crippen molar-refractivity contribution in [3.63, 3.8) is 0 Å². The van der Waals surface area contributed by atoms with Crippen LogP contribution in [0.25, 0.3) is 0 Å². The summed E-state index contributed by atoms with van der Waals surface area (Å²) < 4.78 is 5.34. The number of rotatable bonds is 5. The fourth-order valence-corrected chi connectivity index (χ4v) is 2.90. The lowest BCUT2D eigenvalue weighted by Crippen LogP contribution is -2.48. The van der Waals surface area contributed by atoms with Crippen LogP contribution in [0.15, 0.2) is 0 Å². The number of piperidine rings is 1. The molecule has 0 aromatic carbocycles. The molecule has 108 valence electrons. The molecule has 0 aromatic rings. The largest absolute Gasteiger partial charge is 0.390 e. The van der Waals surface area contributed by atoms with Crippen molar-refractivity contribution in [2.45, 2.75) is 65.2 Å². The topological polar surface area (TPSA) is 32.7 Å². The lowest BCUT2D eigenvalue weighted by molar-refractivity contribution is -0.0849. The third-order valence-corrected chi connectivity index (χ3v) is 4.74. The van der Waals surface area contributed by atoms with Crippen molar-refractivity contribution in [3.05, 3.63) is 0 Å². The van der Waals surface area contributed by atoms with Gasteiger partial charge in [-0.3, -0.25) is 0 Å². The molecule has 1 rings (SSSR count). The number of methoxy groups -OCH3 is 1. The minimum absolute atomic E-state index is 0.401. The first kappa shape index (κ1) is 15.9. The van der Waals surface area contributed by atoms with Gasteiger partial charge in [-0.2, -0.15) is 0 Å². The Balaban J connectivity index is 2.47. The molecule has 4 unspecified atom stereocenters. The third kappa shape index (κ3) is 3.94. The zero-order valence-electron chi connectivity index (χ0n) is 12.9. The molecule has 0 aromatic heterocycles. The van der Waals surface area contributed by atoms with Crippen LogP contribution < -0.4 is 0 Å². The number of aliphatic hydroxyl groups excluding tert-OH is 1. The van der Waals surface area contributed by atoms with Crippen LogP contribution in [0.4, 0.5) is 0 Å². The van der Waals surface area contributed by atoms with Crippen LogP contribution in [0.3, 0.4) is 0 Å². The Morgan fingerprint density at radius 2 is 1.94 bits per heavy atom. The molecule has 1 fully saturated rings. The van der Waals surface area contributed by atoms with E-state index < -0.39 is 11.7 Å². The first-order valence-corrected chi connectivity index (χ1v) is 7.25. The highest BCUT2D eigenvalue weighted by atomic mass is 16.5. The predicted molar refractivity (Wildman–Crippen MR) is 75.7 cm³/mol. The molecule has 1 saturated heterocycles. The summed E-state index contributed by atoms with van der Waals surface area (Å²) in [5.41, 5.74) is -0.448. The van der Waals surface area contributed by atoms with Crippen LogP contribution in [0.5, 0.6) is 0 Å². The minimum atomic E-state index is -0.448. The summed E-state index contributed by atoms with van der Waals surface area (Å²) in [5.74, 6) is 1.52. The van der Waals surface area contributed by atoms with Gasteiger partial charge >= 0.3 is 0 Å². The molecule has 1 aliphatic heterocycles. The third-order valence-electron chi connectivity index (χ3n) is 4.74. The lowest BCUT2D eigenvalue weighted by Gasteiger charge is -2.42. The van der Waals surface area contributed by atoms with Crippen molar-refractivity contribution in [2.75, 3.05) is 20.2 Å². The predicted octanol–water partition coefficient (Wildman–Crippen LogP) is 2.53. The van der Waals surface area contributed by atoms with Crippen molar-refractivity contribution in [2.24, 2.45) is 11.8 Å². The molecule has 0 bridgehead atoms. The Kier molecular flexibility index (Phi) is 5.63. The summed E-state index contributed by atoms with van der Waals surface area (Å²) in [4.78, 5) is 2.52. The molecular weight excluding hydrogens is 226 g/mol. The van der Waals surface area contributed by atoms with E-state index in [4.69, 9.17) is 4.74 Å². The number of ether oxygens (including phenoxy) is 1. The van der Waals surface area contributed by atoms with E-state index in [1.807, 2.05) is 13.8 Å². The SMILES string of the molecule is COC(C)(C)C(O)CCN1CC(C)CC(C)C1C. The standard InChI is InChI=1S/C15H31NO2/c1-11-9-12(2)13(3)16(10-11)8-7-14(17)15(4,5)18-6/h11-14,17H,7-10H2,1-6H3. The molecule has 0 radical (unpaired) electrons. The van der Waals surface area contributed by atoms with Crippen LogP contribution in [0.2, 0.25) is 0 Å². The van der Waals surface area contributed by atoms with Crippen LogP contribution in [0, 0.1) is 11.8 Å². The molecular formula is C15H31NO2. The first-order chi connectivity index (χ1) is 8.27. The minimum Gasteiger partial charge on any atom is -0.390 e. The van der Waals surface area contributed by atoms with Crippen molar-refractivity contribution in [1.82, 2.24) is 4.90 Å². The molecule has 4 atom stereocenters. The Morgan fingerprint density at radius 3 is 2.50 bits per heavy atom. The van der Waals surface area contributed by atoms with Gasteiger partial charge in [0.25, 0.3) is 0 Å². The van der Waals surface area contributed by atoms with E-state index in [0.29, 0.717) is 6.04 Å². The number of nitrogens with zero attached hydrogens (tertiary/aromatic N) is 1. The zero-order valence-corrected chi connectivity index (χ0v) is 12.9. The van der Waals surface area contributed by atoms with E-state index >= 15 is 0 Å². The molecule has 1 N–H and O–H groups in total. The lowest BCUT2D eigenvalue weighted by atomic mass is 9.85. The van der Waals surface area contributed by atoms with E-state index in [0.717, 1.165) is 31.3 Å². The van der Waals surface area contributed by atoms with Crippen LogP contribution in [-0.2, 0) is 4.74 Å². The summed E-state index contributed by atoms with van der Waals surface area (Å²) in [6.07, 6.45) is 1.70. The summed E-state index contributed by atoms with van der Waals surface area (Å²) in [7, 11) is 1.66. The van der Waals surface area contributed by atoms with Crippen LogP contribution >= 0.6 is 0 Å².